The molecule has 1 radical (unpaired) electrons. The van der Waals surface area contributed by atoms with Crippen LogP contribution in [0.2, 0.25) is 4.37 Å². The first-order chi connectivity index (χ1) is 9.47. The van der Waals surface area contributed by atoms with Gasteiger partial charge in [-0.1, -0.05) is 15.2 Å². The van der Waals surface area contributed by atoms with Crippen LogP contribution in [0.4, 0.5) is 0 Å². The second-order valence-corrected chi connectivity index (χ2v) is 7.44. The Balaban J connectivity index is -0.000000102. The van der Waals surface area contributed by atoms with Crippen molar-refractivity contribution in [1.29, 1.82) is 0 Å². The molecule has 0 rings (SSSR count). The SMILES string of the molecule is CC(C)CCCC[CH2][Sb+3].CC([O-])=S.CC([O-])=S.CC([O-])=S. The van der Waals surface area contributed by atoms with Crippen molar-refractivity contribution in [2.24, 2.45) is 5.92 Å². The third-order valence-electron chi connectivity index (χ3n) is 1.44. The first-order valence-corrected chi connectivity index (χ1v) is 9.63. The summed E-state index contributed by atoms with van der Waals surface area (Å²) in [5.41, 5.74) is 0. The normalized spacial score (nSPS) is 8.05. The summed E-state index contributed by atoms with van der Waals surface area (Å²) in [6.45, 7) is 8.63. The molecule has 123 valence electrons. The summed E-state index contributed by atoms with van der Waals surface area (Å²) in [7, 11) is 0. The zero-order valence-electron chi connectivity index (χ0n) is 13.5. The van der Waals surface area contributed by atoms with Gasteiger partial charge in [0.2, 0.25) is 0 Å². The van der Waals surface area contributed by atoms with E-state index in [1.807, 2.05) is 23.0 Å². The Morgan fingerprint density at radius 2 is 1.10 bits per heavy atom. The Labute approximate surface area is 160 Å². The van der Waals surface area contributed by atoms with E-state index >= 15 is 0 Å². The van der Waals surface area contributed by atoms with Gasteiger partial charge in [0.05, 0.1) is 0 Å². The zero-order chi connectivity index (χ0) is 17.8. The standard InChI is InChI=1S/C8H17.3C2H4OS.Sb/c1-4-5-6-7-8(2)3;3*1-2(3)4;/h8H,1,4-7H2,2-3H3;3*1H3,(H,3,4);/q;;;;+3/p-3. The smallest absolute Gasteiger partial charge is 0.0439 e. The van der Waals surface area contributed by atoms with Gasteiger partial charge < -0.3 is 15.3 Å². The van der Waals surface area contributed by atoms with E-state index in [4.69, 9.17) is 0 Å². The molecule has 0 bridgehead atoms. The molecule has 21 heavy (non-hydrogen) atoms. The van der Waals surface area contributed by atoms with Crippen LogP contribution in [0.25, 0.3) is 0 Å². The van der Waals surface area contributed by atoms with Crippen molar-refractivity contribution < 1.29 is 15.3 Å². The molecule has 0 aromatic carbocycles. The van der Waals surface area contributed by atoms with Gasteiger partial charge in [0, 0.05) is 0 Å². The molecule has 0 saturated carbocycles. The molecular formula is C14H26O3S3Sb. The Bertz CT molecular complexity index is 219. The van der Waals surface area contributed by atoms with Crippen LogP contribution in [-0.2, 0) is 0 Å². The Kier molecular flexibility index (Phi) is 35.7. The minimum atomic E-state index is -0.250. The molecule has 0 aromatic rings. The van der Waals surface area contributed by atoms with Gasteiger partial charge in [-0.05, 0) is 20.8 Å². The molecule has 0 saturated heterocycles. The molecule has 0 heterocycles. The van der Waals surface area contributed by atoms with E-state index in [2.05, 4.69) is 50.5 Å². The molecular weight excluding hydrogens is 434 g/mol. The summed E-state index contributed by atoms with van der Waals surface area (Å²) in [5.74, 6) is 0.909. The van der Waals surface area contributed by atoms with E-state index in [9.17, 15) is 15.3 Å². The molecule has 3 nitrogen and oxygen atoms in total. The van der Waals surface area contributed by atoms with Gasteiger partial charge in [0.15, 0.2) is 0 Å². The molecule has 0 aliphatic heterocycles. The maximum atomic E-state index is 9.26. The maximum absolute atomic E-state index is 9.26. The van der Waals surface area contributed by atoms with Crippen molar-refractivity contribution in [3.8, 4) is 0 Å². The van der Waals surface area contributed by atoms with Gasteiger partial charge in [0.25, 0.3) is 0 Å². The molecule has 0 unspecified atom stereocenters. The van der Waals surface area contributed by atoms with E-state index < -0.39 is 0 Å². The monoisotopic (exact) mass is 459 g/mol. The van der Waals surface area contributed by atoms with Crippen LogP contribution in [0.3, 0.4) is 0 Å². The summed E-state index contributed by atoms with van der Waals surface area (Å²) in [5, 5.41) is 27.0. The van der Waals surface area contributed by atoms with Crippen molar-refractivity contribution >= 4 is 74.8 Å². The van der Waals surface area contributed by atoms with Crippen LogP contribution in [0, 0.1) is 5.92 Å². The molecule has 0 fully saturated rings. The van der Waals surface area contributed by atoms with Crippen molar-refractivity contribution in [2.75, 3.05) is 0 Å². The summed E-state index contributed by atoms with van der Waals surface area (Å²) >= 11 is 13.9. The van der Waals surface area contributed by atoms with Crippen LogP contribution in [0.5, 0.6) is 0 Å². The average molecular weight is 460 g/mol. The Morgan fingerprint density at radius 3 is 1.29 bits per heavy atom. The summed E-state index contributed by atoms with van der Waals surface area (Å²) in [6, 6.07) is 0. The van der Waals surface area contributed by atoms with Gasteiger partial charge in [-0.15, -0.1) is 36.7 Å². The van der Waals surface area contributed by atoms with Crippen molar-refractivity contribution in [3.05, 3.63) is 0 Å². The maximum Gasteiger partial charge on any atom is -0.0439 e. The van der Waals surface area contributed by atoms with Crippen molar-refractivity contribution in [1.82, 2.24) is 0 Å². The number of thiocarbonyl (C=S) groups is 3. The van der Waals surface area contributed by atoms with Crippen molar-refractivity contribution in [2.45, 2.75) is 64.7 Å². The topological polar surface area (TPSA) is 69.2 Å². The van der Waals surface area contributed by atoms with E-state index in [1.165, 1.54) is 50.8 Å². The van der Waals surface area contributed by atoms with Gasteiger partial charge in [-0.2, -0.15) is 0 Å². The average Bonchev–Trinajstić information content (AvgIpc) is 2.21. The number of hydrogen-bond donors (Lipinski definition) is 0. The predicted octanol–water partition coefficient (Wildman–Crippen LogP) is 1.87. The number of hydrogen-bond acceptors (Lipinski definition) is 6. The van der Waals surface area contributed by atoms with Gasteiger partial charge in [0.1, 0.15) is 0 Å². The molecule has 0 spiro atoms. The first kappa shape index (κ1) is 29.5. The Morgan fingerprint density at radius 1 is 0.810 bits per heavy atom. The van der Waals surface area contributed by atoms with Crippen LogP contribution < -0.4 is 15.3 Å². The van der Waals surface area contributed by atoms with Crippen LogP contribution in [-0.4, -0.2) is 38.2 Å². The minimum Gasteiger partial charge on any atom is -0.868 e. The fourth-order valence-corrected chi connectivity index (χ4v) is 1.48. The third kappa shape index (κ3) is 166. The minimum absolute atomic E-state index is 0.250. The van der Waals surface area contributed by atoms with Gasteiger partial charge in [-0.3, -0.25) is 0 Å². The number of rotatable bonds is 5. The van der Waals surface area contributed by atoms with Gasteiger partial charge >= 0.3 is 72.8 Å². The second-order valence-electron chi connectivity index (χ2n) is 4.44. The van der Waals surface area contributed by atoms with E-state index in [0.29, 0.717) is 0 Å². The molecule has 0 aliphatic rings. The first-order valence-electron chi connectivity index (χ1n) is 6.60. The molecule has 0 atom stereocenters. The van der Waals surface area contributed by atoms with Crippen LogP contribution >= 0.6 is 36.7 Å². The summed E-state index contributed by atoms with van der Waals surface area (Å²) < 4.78 is 1.41. The third-order valence-corrected chi connectivity index (χ3v) is 2.34. The fraction of sp³-hybridized carbons (Fsp3) is 0.786. The molecule has 0 aliphatic carbocycles. The van der Waals surface area contributed by atoms with E-state index in [-0.39, 0.29) is 15.2 Å². The number of unbranched alkanes of at least 4 members (excludes halogenated alkanes) is 2. The van der Waals surface area contributed by atoms with E-state index in [0.717, 1.165) is 5.92 Å². The van der Waals surface area contributed by atoms with Gasteiger partial charge in [-0.25, -0.2) is 0 Å². The quantitative estimate of drug-likeness (QED) is 0.355. The predicted molar refractivity (Wildman–Crippen MR) is 98.7 cm³/mol. The molecule has 0 N–H and O–H groups in total. The van der Waals surface area contributed by atoms with Crippen LogP contribution in [0.15, 0.2) is 0 Å². The summed E-state index contributed by atoms with van der Waals surface area (Å²) in [6.07, 6.45) is 5.76. The van der Waals surface area contributed by atoms with E-state index in [1.54, 1.807) is 0 Å². The molecule has 7 heteroatoms. The largest absolute Gasteiger partial charge is 0.868 e. The molecule has 0 amide bonds. The second kappa shape index (κ2) is 25.4. The van der Waals surface area contributed by atoms with Crippen molar-refractivity contribution in [3.63, 3.8) is 0 Å². The molecule has 0 aromatic heterocycles. The fourth-order valence-electron chi connectivity index (χ4n) is 0.841. The zero-order valence-corrected chi connectivity index (χ0v) is 18.5. The van der Waals surface area contributed by atoms with Crippen LogP contribution in [0.1, 0.15) is 60.3 Å². The summed E-state index contributed by atoms with van der Waals surface area (Å²) in [4.78, 5) is 0. The Hall–Kier alpha value is 0.488.